The van der Waals surface area contributed by atoms with E-state index >= 15 is 0 Å². The zero-order valence-corrected chi connectivity index (χ0v) is 11.5. The number of carboxylic acid groups (broad SMARTS) is 1. The van der Waals surface area contributed by atoms with Crippen LogP contribution in [-0.4, -0.2) is 18.2 Å². The number of halogens is 2. The summed E-state index contributed by atoms with van der Waals surface area (Å²) in [5, 5.41) is 9.04. The third-order valence-electron chi connectivity index (χ3n) is 2.57. The van der Waals surface area contributed by atoms with Crippen molar-refractivity contribution in [3.63, 3.8) is 0 Å². The molecule has 0 aromatic heterocycles. The summed E-state index contributed by atoms with van der Waals surface area (Å²) in [6, 6.07) is 3.14. The highest BCUT2D eigenvalue weighted by atomic mass is 79.9. The number of methoxy groups -OCH3 is 1. The van der Waals surface area contributed by atoms with Gasteiger partial charge in [0.05, 0.1) is 12.5 Å². The van der Waals surface area contributed by atoms with Crippen LogP contribution in [0, 0.1) is 11.2 Å². The zero-order chi connectivity index (χ0) is 13.2. The molecule has 0 radical (unpaired) electrons. The molecule has 0 aliphatic carbocycles. The lowest BCUT2D eigenvalue weighted by molar-refractivity contribution is -0.146. The molecule has 0 aliphatic rings. The van der Waals surface area contributed by atoms with Crippen molar-refractivity contribution in [3.8, 4) is 5.75 Å². The van der Waals surface area contributed by atoms with Crippen molar-refractivity contribution in [2.45, 2.75) is 20.3 Å². The minimum Gasteiger partial charge on any atom is -0.494 e. The van der Waals surface area contributed by atoms with Gasteiger partial charge in [-0.15, -0.1) is 0 Å². The molecular formula is C12H14BrFO3. The van der Waals surface area contributed by atoms with Crippen LogP contribution in [0.3, 0.4) is 0 Å². The van der Waals surface area contributed by atoms with Crippen LogP contribution < -0.4 is 4.74 Å². The van der Waals surface area contributed by atoms with Gasteiger partial charge in [-0.1, -0.05) is 15.9 Å². The normalized spacial score (nSPS) is 11.4. The molecule has 0 unspecified atom stereocenters. The number of ether oxygens (including phenoxy) is 1. The van der Waals surface area contributed by atoms with E-state index in [-0.39, 0.29) is 12.2 Å². The van der Waals surface area contributed by atoms with Crippen molar-refractivity contribution in [1.82, 2.24) is 0 Å². The fourth-order valence-electron chi connectivity index (χ4n) is 1.41. The number of benzene rings is 1. The lowest BCUT2D eigenvalue weighted by Gasteiger charge is -2.20. The summed E-state index contributed by atoms with van der Waals surface area (Å²) >= 11 is 3.22. The summed E-state index contributed by atoms with van der Waals surface area (Å²) < 4.78 is 19.4. The van der Waals surface area contributed by atoms with Gasteiger partial charge in [0.25, 0.3) is 0 Å². The maximum Gasteiger partial charge on any atom is 0.309 e. The molecule has 1 aromatic rings. The summed E-state index contributed by atoms with van der Waals surface area (Å²) in [6.07, 6.45) is 0.0892. The van der Waals surface area contributed by atoms with Gasteiger partial charge in [0.2, 0.25) is 0 Å². The fraction of sp³-hybridized carbons (Fsp3) is 0.417. The first-order chi connectivity index (χ1) is 7.79. The highest BCUT2D eigenvalue weighted by Gasteiger charge is 2.30. The fourth-order valence-corrected chi connectivity index (χ4v) is 1.86. The summed E-state index contributed by atoms with van der Waals surface area (Å²) in [5.74, 6) is -1.37. The first kappa shape index (κ1) is 14.0. The van der Waals surface area contributed by atoms with Gasteiger partial charge in [-0.25, -0.2) is 4.39 Å². The standard InChI is InChI=1S/C12H14BrFO3/c1-12(2,11(15)16)6-7-8(13)4-5-9(17-3)10(7)14/h4-5H,6H2,1-3H3,(H,15,16). The molecular weight excluding hydrogens is 291 g/mol. The Kier molecular flexibility index (Phi) is 4.14. The van der Waals surface area contributed by atoms with Gasteiger partial charge >= 0.3 is 5.97 Å². The van der Waals surface area contributed by atoms with E-state index in [4.69, 9.17) is 9.84 Å². The van der Waals surface area contributed by atoms with Gasteiger partial charge in [0.1, 0.15) is 0 Å². The van der Waals surface area contributed by atoms with Crippen LogP contribution in [0.25, 0.3) is 0 Å². The summed E-state index contributed by atoms with van der Waals surface area (Å²) in [4.78, 5) is 11.0. The van der Waals surface area contributed by atoms with Gasteiger partial charge < -0.3 is 9.84 Å². The molecule has 1 rings (SSSR count). The molecule has 0 saturated heterocycles. The Morgan fingerprint density at radius 1 is 1.53 bits per heavy atom. The third kappa shape index (κ3) is 2.97. The van der Waals surface area contributed by atoms with Crippen LogP contribution in [0.5, 0.6) is 5.75 Å². The van der Waals surface area contributed by atoms with Gasteiger partial charge in [-0.05, 0) is 32.4 Å². The number of aliphatic carboxylic acids is 1. The van der Waals surface area contributed by atoms with Crippen molar-refractivity contribution in [2.75, 3.05) is 7.11 Å². The van der Waals surface area contributed by atoms with Crippen LogP contribution in [-0.2, 0) is 11.2 Å². The van der Waals surface area contributed by atoms with Crippen molar-refractivity contribution in [2.24, 2.45) is 5.41 Å². The molecule has 5 heteroatoms. The predicted octanol–water partition coefficient (Wildman–Crippen LogP) is 3.25. The SMILES string of the molecule is COc1ccc(Br)c(CC(C)(C)C(=O)O)c1F. The number of carboxylic acids is 1. The Bertz CT molecular complexity index is 444. The van der Waals surface area contributed by atoms with Gasteiger partial charge in [-0.2, -0.15) is 0 Å². The molecule has 0 atom stereocenters. The molecule has 1 aromatic carbocycles. The van der Waals surface area contributed by atoms with E-state index in [1.807, 2.05) is 0 Å². The Labute approximate surface area is 108 Å². The molecule has 0 saturated carbocycles. The molecule has 0 fully saturated rings. The predicted molar refractivity (Wildman–Crippen MR) is 65.8 cm³/mol. The highest BCUT2D eigenvalue weighted by molar-refractivity contribution is 9.10. The minimum absolute atomic E-state index is 0.0892. The molecule has 17 heavy (non-hydrogen) atoms. The maximum absolute atomic E-state index is 14.0. The second-order valence-electron chi connectivity index (χ2n) is 4.41. The zero-order valence-electron chi connectivity index (χ0n) is 9.88. The Hall–Kier alpha value is -1.10. The average Bonchev–Trinajstić information content (AvgIpc) is 2.24. The van der Waals surface area contributed by atoms with Crippen molar-refractivity contribution in [1.29, 1.82) is 0 Å². The lowest BCUT2D eigenvalue weighted by Crippen LogP contribution is -2.26. The average molecular weight is 305 g/mol. The van der Waals surface area contributed by atoms with E-state index in [1.54, 1.807) is 19.9 Å². The summed E-state index contributed by atoms with van der Waals surface area (Å²) in [6.45, 7) is 3.11. The molecule has 0 aliphatic heterocycles. The van der Waals surface area contributed by atoms with Crippen molar-refractivity contribution >= 4 is 21.9 Å². The summed E-state index contributed by atoms with van der Waals surface area (Å²) in [5.41, 5.74) is -0.716. The van der Waals surface area contributed by atoms with Gasteiger partial charge in [0.15, 0.2) is 11.6 Å². The molecule has 0 spiro atoms. The first-order valence-corrected chi connectivity index (χ1v) is 5.83. The Morgan fingerprint density at radius 3 is 2.59 bits per heavy atom. The number of carbonyl (C=O) groups is 1. The quantitative estimate of drug-likeness (QED) is 0.929. The largest absolute Gasteiger partial charge is 0.494 e. The number of rotatable bonds is 4. The van der Waals surface area contributed by atoms with E-state index in [0.29, 0.717) is 10.0 Å². The molecule has 0 heterocycles. The van der Waals surface area contributed by atoms with Crippen molar-refractivity contribution in [3.05, 3.63) is 28.0 Å². The Morgan fingerprint density at radius 2 is 2.12 bits per heavy atom. The maximum atomic E-state index is 14.0. The third-order valence-corrected chi connectivity index (χ3v) is 3.31. The monoisotopic (exact) mass is 304 g/mol. The van der Waals surface area contributed by atoms with Crippen LogP contribution in [0.4, 0.5) is 4.39 Å². The number of hydrogen-bond donors (Lipinski definition) is 1. The lowest BCUT2D eigenvalue weighted by atomic mass is 9.85. The van der Waals surface area contributed by atoms with Crippen LogP contribution in [0.1, 0.15) is 19.4 Å². The topological polar surface area (TPSA) is 46.5 Å². The van der Waals surface area contributed by atoms with E-state index < -0.39 is 17.2 Å². The Balaban J connectivity index is 3.18. The molecule has 94 valence electrons. The van der Waals surface area contributed by atoms with Gasteiger partial charge in [0, 0.05) is 10.0 Å². The van der Waals surface area contributed by atoms with Crippen LogP contribution in [0.15, 0.2) is 16.6 Å². The second kappa shape index (κ2) is 5.04. The smallest absolute Gasteiger partial charge is 0.309 e. The van der Waals surface area contributed by atoms with E-state index in [1.165, 1.54) is 13.2 Å². The summed E-state index contributed by atoms with van der Waals surface area (Å²) in [7, 11) is 1.37. The minimum atomic E-state index is -1.03. The van der Waals surface area contributed by atoms with Crippen LogP contribution in [0.2, 0.25) is 0 Å². The molecule has 3 nitrogen and oxygen atoms in total. The van der Waals surface area contributed by atoms with Gasteiger partial charge in [-0.3, -0.25) is 4.79 Å². The van der Waals surface area contributed by atoms with E-state index in [0.717, 1.165) is 0 Å². The first-order valence-electron chi connectivity index (χ1n) is 5.04. The van der Waals surface area contributed by atoms with E-state index in [9.17, 15) is 9.18 Å². The molecule has 1 N–H and O–H groups in total. The molecule has 0 amide bonds. The second-order valence-corrected chi connectivity index (χ2v) is 5.26. The van der Waals surface area contributed by atoms with E-state index in [2.05, 4.69) is 15.9 Å². The van der Waals surface area contributed by atoms with Crippen molar-refractivity contribution < 1.29 is 19.0 Å². The molecule has 0 bridgehead atoms. The van der Waals surface area contributed by atoms with Crippen LogP contribution >= 0.6 is 15.9 Å². The number of hydrogen-bond acceptors (Lipinski definition) is 2. The highest BCUT2D eigenvalue weighted by Crippen LogP contribution is 2.32.